The molecule has 1 amide bonds. The van der Waals surface area contributed by atoms with Crippen LogP contribution in [0.25, 0.3) is 11.1 Å². The highest BCUT2D eigenvalue weighted by Crippen LogP contribution is 2.28. The molecule has 1 aliphatic heterocycles. The standard InChI is InChI=1S/C22H25N5O/c1-25(2)21-6-4-16(5-7-21)18-10-19(12-23-11-18)22(28)27-9-8-17(15-27)20-13-24-26(3)14-20/h4-7,10-14,17H,8-9,15H2,1-3H3. The molecule has 1 aromatic carbocycles. The zero-order valence-corrected chi connectivity index (χ0v) is 16.5. The van der Waals surface area contributed by atoms with Gasteiger partial charge in [0.05, 0.1) is 11.8 Å². The van der Waals surface area contributed by atoms with Crippen molar-refractivity contribution in [3.8, 4) is 11.1 Å². The number of benzene rings is 1. The minimum Gasteiger partial charge on any atom is -0.378 e. The number of likely N-dealkylation sites (tertiary alicyclic amines) is 1. The molecule has 0 spiro atoms. The number of hydrogen-bond acceptors (Lipinski definition) is 4. The molecule has 28 heavy (non-hydrogen) atoms. The van der Waals surface area contributed by atoms with E-state index in [4.69, 9.17) is 0 Å². The molecule has 4 rings (SSSR count). The minimum absolute atomic E-state index is 0.0469. The second kappa shape index (κ2) is 7.46. The maximum absolute atomic E-state index is 13.0. The van der Waals surface area contributed by atoms with Gasteiger partial charge in [-0.2, -0.15) is 5.10 Å². The van der Waals surface area contributed by atoms with Gasteiger partial charge in [-0.3, -0.25) is 14.5 Å². The van der Waals surface area contributed by atoms with Crippen LogP contribution >= 0.6 is 0 Å². The fraction of sp³-hybridized carbons (Fsp3) is 0.318. The number of carbonyl (C=O) groups excluding carboxylic acids is 1. The van der Waals surface area contributed by atoms with Gasteiger partial charge in [-0.15, -0.1) is 0 Å². The molecule has 1 atom stereocenters. The zero-order chi connectivity index (χ0) is 19.7. The summed E-state index contributed by atoms with van der Waals surface area (Å²) in [5, 5.41) is 4.25. The van der Waals surface area contributed by atoms with Gasteiger partial charge in [0.15, 0.2) is 0 Å². The number of amides is 1. The van der Waals surface area contributed by atoms with E-state index in [0.717, 1.165) is 36.3 Å². The molecule has 1 saturated heterocycles. The number of hydrogen-bond donors (Lipinski definition) is 0. The summed E-state index contributed by atoms with van der Waals surface area (Å²) in [4.78, 5) is 21.3. The Balaban J connectivity index is 1.50. The highest BCUT2D eigenvalue weighted by atomic mass is 16.2. The molecule has 3 heterocycles. The SMILES string of the molecule is CN(C)c1ccc(-c2cncc(C(=O)N3CCC(c4cnn(C)c4)C3)c2)cc1. The molecule has 1 unspecified atom stereocenters. The number of aromatic nitrogens is 3. The van der Waals surface area contributed by atoms with Crippen molar-refractivity contribution in [2.75, 3.05) is 32.1 Å². The number of carbonyl (C=O) groups is 1. The fourth-order valence-electron chi connectivity index (χ4n) is 3.72. The first kappa shape index (κ1) is 18.2. The number of nitrogens with zero attached hydrogens (tertiary/aromatic N) is 5. The molecular weight excluding hydrogens is 350 g/mol. The maximum atomic E-state index is 13.0. The molecule has 0 radical (unpaired) electrons. The number of rotatable bonds is 4. The monoisotopic (exact) mass is 375 g/mol. The topological polar surface area (TPSA) is 54.3 Å². The Bertz CT molecular complexity index is 977. The van der Waals surface area contributed by atoms with Crippen molar-refractivity contribution in [1.82, 2.24) is 19.7 Å². The molecular formula is C22H25N5O. The molecule has 0 saturated carbocycles. The first-order valence-electron chi connectivity index (χ1n) is 9.52. The largest absolute Gasteiger partial charge is 0.378 e. The van der Waals surface area contributed by atoms with E-state index >= 15 is 0 Å². The number of pyridine rings is 1. The molecule has 144 valence electrons. The van der Waals surface area contributed by atoms with Crippen LogP contribution in [0.2, 0.25) is 0 Å². The van der Waals surface area contributed by atoms with Gasteiger partial charge in [0.2, 0.25) is 0 Å². The van der Waals surface area contributed by atoms with Crippen molar-refractivity contribution in [2.24, 2.45) is 7.05 Å². The zero-order valence-electron chi connectivity index (χ0n) is 16.5. The van der Waals surface area contributed by atoms with Gasteiger partial charge in [-0.25, -0.2) is 0 Å². The normalized spacial score (nSPS) is 16.4. The summed E-state index contributed by atoms with van der Waals surface area (Å²) in [5.41, 5.74) is 5.00. The van der Waals surface area contributed by atoms with Crippen LogP contribution in [0.15, 0.2) is 55.1 Å². The van der Waals surface area contributed by atoms with Crippen LogP contribution in [0.1, 0.15) is 28.3 Å². The molecule has 0 bridgehead atoms. The van der Waals surface area contributed by atoms with Crippen molar-refractivity contribution in [1.29, 1.82) is 0 Å². The van der Waals surface area contributed by atoms with E-state index in [1.807, 2.05) is 55.4 Å². The summed E-state index contributed by atoms with van der Waals surface area (Å²) in [5.74, 6) is 0.401. The van der Waals surface area contributed by atoms with Gasteiger partial charge >= 0.3 is 0 Å². The van der Waals surface area contributed by atoms with E-state index in [9.17, 15) is 4.79 Å². The fourth-order valence-corrected chi connectivity index (χ4v) is 3.72. The minimum atomic E-state index is 0.0469. The van der Waals surface area contributed by atoms with Crippen LogP contribution in [0.5, 0.6) is 0 Å². The molecule has 0 aliphatic carbocycles. The lowest BCUT2D eigenvalue weighted by Crippen LogP contribution is -2.28. The first-order chi connectivity index (χ1) is 13.5. The molecule has 0 N–H and O–H groups in total. The van der Waals surface area contributed by atoms with Crippen molar-refractivity contribution in [3.63, 3.8) is 0 Å². The van der Waals surface area contributed by atoms with Gasteiger partial charge in [-0.05, 0) is 35.7 Å². The van der Waals surface area contributed by atoms with E-state index in [1.165, 1.54) is 5.56 Å². The predicted molar refractivity (Wildman–Crippen MR) is 110 cm³/mol. The number of anilines is 1. The summed E-state index contributed by atoms with van der Waals surface area (Å²) in [6, 6.07) is 10.2. The summed E-state index contributed by atoms with van der Waals surface area (Å²) in [6.45, 7) is 1.49. The summed E-state index contributed by atoms with van der Waals surface area (Å²) < 4.78 is 1.81. The second-order valence-corrected chi connectivity index (χ2v) is 7.59. The molecule has 6 nitrogen and oxygen atoms in total. The Morgan fingerprint density at radius 2 is 1.89 bits per heavy atom. The maximum Gasteiger partial charge on any atom is 0.255 e. The summed E-state index contributed by atoms with van der Waals surface area (Å²) in [7, 11) is 5.96. The Morgan fingerprint density at radius 1 is 1.11 bits per heavy atom. The third-order valence-electron chi connectivity index (χ3n) is 5.37. The molecule has 1 aliphatic rings. The Kier molecular flexibility index (Phi) is 4.86. The molecule has 6 heteroatoms. The average Bonchev–Trinajstić information content (AvgIpc) is 3.37. The smallest absolute Gasteiger partial charge is 0.255 e. The summed E-state index contributed by atoms with van der Waals surface area (Å²) in [6.07, 6.45) is 8.38. The van der Waals surface area contributed by atoms with Gasteiger partial charge < -0.3 is 9.80 Å². The van der Waals surface area contributed by atoms with Crippen LogP contribution in [-0.4, -0.2) is 52.8 Å². The van der Waals surface area contributed by atoms with Crippen molar-refractivity contribution in [2.45, 2.75) is 12.3 Å². The number of aryl methyl sites for hydroxylation is 1. The second-order valence-electron chi connectivity index (χ2n) is 7.59. The average molecular weight is 375 g/mol. The van der Waals surface area contributed by atoms with Crippen LogP contribution < -0.4 is 4.90 Å². The van der Waals surface area contributed by atoms with E-state index in [1.54, 1.807) is 6.20 Å². The quantitative estimate of drug-likeness (QED) is 0.703. The predicted octanol–water partition coefficient (Wildman–Crippen LogP) is 3.18. The van der Waals surface area contributed by atoms with Crippen molar-refractivity contribution >= 4 is 11.6 Å². The summed E-state index contributed by atoms with van der Waals surface area (Å²) >= 11 is 0. The molecule has 2 aromatic heterocycles. The van der Waals surface area contributed by atoms with Crippen LogP contribution in [0.3, 0.4) is 0 Å². The van der Waals surface area contributed by atoms with Gasteiger partial charge in [-0.1, -0.05) is 12.1 Å². The van der Waals surface area contributed by atoms with Crippen molar-refractivity contribution < 1.29 is 4.79 Å². The van der Waals surface area contributed by atoms with Gasteiger partial charge in [0, 0.05) is 70.0 Å². The Hall–Kier alpha value is -3.15. The Labute approximate surface area is 165 Å². The molecule has 3 aromatic rings. The van der Waals surface area contributed by atoms with Crippen LogP contribution in [0, 0.1) is 0 Å². The molecule has 1 fully saturated rings. The highest BCUT2D eigenvalue weighted by molar-refractivity contribution is 5.95. The highest BCUT2D eigenvalue weighted by Gasteiger charge is 2.29. The van der Waals surface area contributed by atoms with E-state index in [0.29, 0.717) is 11.5 Å². The van der Waals surface area contributed by atoms with Crippen molar-refractivity contribution in [3.05, 3.63) is 66.2 Å². The van der Waals surface area contributed by atoms with Crippen LogP contribution in [-0.2, 0) is 7.05 Å². The third kappa shape index (κ3) is 3.63. The van der Waals surface area contributed by atoms with E-state index < -0.39 is 0 Å². The Morgan fingerprint density at radius 3 is 2.57 bits per heavy atom. The van der Waals surface area contributed by atoms with E-state index in [-0.39, 0.29) is 5.91 Å². The van der Waals surface area contributed by atoms with Gasteiger partial charge in [0.25, 0.3) is 5.91 Å². The van der Waals surface area contributed by atoms with E-state index in [2.05, 4.69) is 39.2 Å². The third-order valence-corrected chi connectivity index (χ3v) is 5.37. The lowest BCUT2D eigenvalue weighted by Gasteiger charge is -2.17. The lowest BCUT2D eigenvalue weighted by atomic mass is 10.0. The van der Waals surface area contributed by atoms with Crippen LogP contribution in [0.4, 0.5) is 5.69 Å². The first-order valence-corrected chi connectivity index (χ1v) is 9.52. The van der Waals surface area contributed by atoms with Gasteiger partial charge in [0.1, 0.15) is 0 Å². The lowest BCUT2D eigenvalue weighted by molar-refractivity contribution is 0.0790.